The van der Waals surface area contributed by atoms with Gasteiger partial charge >= 0.3 is 0 Å². The summed E-state index contributed by atoms with van der Waals surface area (Å²) in [4.78, 5) is 40.5. The van der Waals surface area contributed by atoms with Crippen molar-refractivity contribution in [2.24, 2.45) is 0 Å². The number of nitro benzene ring substituents is 1. The van der Waals surface area contributed by atoms with E-state index < -0.39 is 22.6 Å². The van der Waals surface area contributed by atoms with Crippen molar-refractivity contribution in [3.8, 4) is 23.0 Å². The summed E-state index contributed by atoms with van der Waals surface area (Å²) < 4.78 is 22.4. The van der Waals surface area contributed by atoms with Crippen LogP contribution in [-0.4, -0.2) is 103 Å². The van der Waals surface area contributed by atoms with E-state index in [1.54, 1.807) is 0 Å². The van der Waals surface area contributed by atoms with Crippen LogP contribution in [0.1, 0.15) is 40.0 Å². The maximum absolute atomic E-state index is 13.2. The minimum atomic E-state index is -0.670. The van der Waals surface area contributed by atoms with Gasteiger partial charge in [0.25, 0.3) is 17.5 Å². The molecule has 2 aliphatic heterocycles. The number of hydrogen-bond donors (Lipinski definition) is 3. The predicted molar refractivity (Wildman–Crippen MR) is 164 cm³/mol. The number of ether oxygens (including phenoxy) is 4. The fourth-order valence-electron chi connectivity index (χ4n) is 5.47. The Bertz CT molecular complexity index is 1490. The van der Waals surface area contributed by atoms with E-state index in [2.05, 4.69) is 13.2 Å². The zero-order chi connectivity index (χ0) is 32.8. The van der Waals surface area contributed by atoms with Crippen molar-refractivity contribution in [3.05, 3.63) is 69.8 Å². The van der Waals surface area contributed by atoms with Crippen molar-refractivity contribution >= 4 is 23.2 Å². The molecule has 45 heavy (non-hydrogen) atoms. The number of likely N-dealkylation sites (tertiary alicyclic amines) is 2. The number of hydrogen-bond acceptors (Lipinski definition) is 11. The van der Waals surface area contributed by atoms with Gasteiger partial charge in [-0.2, -0.15) is 0 Å². The lowest BCUT2D eigenvalue weighted by Gasteiger charge is -2.24. The first-order chi connectivity index (χ1) is 21.5. The van der Waals surface area contributed by atoms with Crippen molar-refractivity contribution in [3.63, 3.8) is 0 Å². The normalized spacial score (nSPS) is 17.9. The van der Waals surface area contributed by atoms with Crippen LogP contribution in [0.15, 0.2) is 48.6 Å². The van der Waals surface area contributed by atoms with E-state index in [0.717, 1.165) is 17.2 Å². The largest absolute Gasteiger partial charge is 0.493 e. The summed E-state index contributed by atoms with van der Waals surface area (Å²) in [6.07, 6.45) is 1.27. The quantitative estimate of drug-likeness (QED) is 0.0975. The number of benzene rings is 2. The van der Waals surface area contributed by atoms with Gasteiger partial charge in [-0.15, -0.1) is 0 Å². The molecule has 0 aliphatic carbocycles. The molecule has 4 rings (SSSR count). The summed E-state index contributed by atoms with van der Waals surface area (Å²) in [6, 6.07) is 4.51. The van der Waals surface area contributed by atoms with Gasteiger partial charge in [0.1, 0.15) is 5.56 Å². The zero-order valence-corrected chi connectivity index (χ0v) is 25.3. The van der Waals surface area contributed by atoms with Gasteiger partial charge in [0.2, 0.25) is 0 Å². The molecule has 0 unspecified atom stereocenters. The molecular weight excluding hydrogens is 588 g/mol. The fraction of sp³-hybridized carbons (Fsp3) is 0.419. The van der Waals surface area contributed by atoms with E-state index in [4.69, 9.17) is 24.7 Å². The van der Waals surface area contributed by atoms with Crippen molar-refractivity contribution in [1.29, 1.82) is 0 Å². The van der Waals surface area contributed by atoms with Crippen molar-refractivity contribution in [2.75, 3.05) is 59.5 Å². The Morgan fingerprint density at radius 2 is 1.33 bits per heavy atom. The monoisotopic (exact) mass is 626 g/mol. The lowest BCUT2D eigenvalue weighted by atomic mass is 10.1. The van der Waals surface area contributed by atoms with Gasteiger partial charge in [-0.25, -0.2) is 0 Å². The number of carbonyl (C=O) groups is 2. The Labute approximate surface area is 260 Å². The van der Waals surface area contributed by atoms with Crippen LogP contribution in [0.25, 0.3) is 0 Å². The van der Waals surface area contributed by atoms with Crippen LogP contribution in [0, 0.1) is 10.1 Å². The highest BCUT2D eigenvalue weighted by atomic mass is 16.6. The molecule has 2 atom stereocenters. The highest BCUT2D eigenvalue weighted by molar-refractivity contribution is 6.01. The highest BCUT2D eigenvalue weighted by Gasteiger charge is 2.36. The maximum Gasteiger partial charge on any atom is 0.286 e. The Kier molecular flexibility index (Phi) is 10.5. The summed E-state index contributed by atoms with van der Waals surface area (Å²) in [5, 5.41) is 31.2. The smallest absolute Gasteiger partial charge is 0.286 e. The predicted octanol–water partition coefficient (Wildman–Crippen LogP) is 2.57. The summed E-state index contributed by atoms with van der Waals surface area (Å²) in [7, 11) is 2.79. The first-order valence-corrected chi connectivity index (χ1v) is 14.3. The summed E-state index contributed by atoms with van der Waals surface area (Å²) >= 11 is 0. The van der Waals surface area contributed by atoms with Crippen LogP contribution in [0.2, 0.25) is 0 Å². The minimum absolute atomic E-state index is 0.0701. The molecule has 14 nitrogen and oxygen atoms in total. The second-order valence-electron chi connectivity index (χ2n) is 10.9. The molecule has 0 aromatic heterocycles. The van der Waals surface area contributed by atoms with Crippen LogP contribution in [-0.2, 0) is 0 Å². The van der Waals surface area contributed by atoms with Crippen LogP contribution in [0.5, 0.6) is 23.0 Å². The third-order valence-electron chi connectivity index (χ3n) is 7.74. The highest BCUT2D eigenvalue weighted by Crippen LogP contribution is 2.37. The van der Waals surface area contributed by atoms with E-state index in [9.17, 15) is 29.9 Å². The average molecular weight is 627 g/mol. The molecule has 2 saturated heterocycles. The Morgan fingerprint density at radius 3 is 1.80 bits per heavy atom. The van der Waals surface area contributed by atoms with Gasteiger partial charge in [0.15, 0.2) is 23.0 Å². The third kappa shape index (κ3) is 7.13. The molecule has 242 valence electrons. The van der Waals surface area contributed by atoms with E-state index in [1.807, 2.05) is 0 Å². The Hall–Kier alpha value is -4.82. The average Bonchev–Trinajstić information content (AvgIpc) is 3.61. The molecular formula is C31H38N4O10. The Morgan fingerprint density at radius 1 is 0.867 bits per heavy atom. The van der Waals surface area contributed by atoms with Crippen LogP contribution < -0.4 is 24.7 Å². The number of rotatable bonds is 13. The van der Waals surface area contributed by atoms with E-state index >= 15 is 0 Å². The molecule has 0 spiro atoms. The summed E-state index contributed by atoms with van der Waals surface area (Å²) in [5.74, 6) is -0.174. The number of nitrogen functional groups attached to an aromatic ring is 1. The number of amides is 2. The van der Waals surface area contributed by atoms with E-state index in [1.165, 1.54) is 42.2 Å². The topological polar surface area (TPSA) is 187 Å². The first kappa shape index (κ1) is 33.1. The molecule has 2 aromatic carbocycles. The number of methoxy groups -OCH3 is 2. The number of nitrogens with two attached hydrogens (primary N) is 1. The third-order valence-corrected chi connectivity index (χ3v) is 7.74. The SMILES string of the molecule is C=C1C[C@@H](CO)N(C(=O)c2cc(OC)c(OCCCOc3cc([N+](=O)[O-])c(C(=O)N4CC(=C)C[C@H]4CO)cc3OC)cc2N)C1. The molecule has 2 heterocycles. The van der Waals surface area contributed by atoms with Gasteiger partial charge in [-0.1, -0.05) is 24.3 Å². The number of anilines is 1. The van der Waals surface area contributed by atoms with Gasteiger partial charge in [-0.3, -0.25) is 19.7 Å². The molecule has 14 heteroatoms. The first-order valence-electron chi connectivity index (χ1n) is 14.3. The molecule has 0 saturated carbocycles. The van der Waals surface area contributed by atoms with Crippen molar-refractivity contribution < 1.29 is 43.7 Å². The van der Waals surface area contributed by atoms with Crippen molar-refractivity contribution in [2.45, 2.75) is 31.3 Å². The standard InChI is InChI=1S/C31H38N4O10/c1-18-8-20(16-36)33(14-18)30(38)22-10-26(42-3)28(12-24(22)32)44-6-5-7-45-29-13-25(35(40)41)23(11-27(29)43-4)31(39)34-15-19(2)9-21(34)17-37/h10-13,20-21,36-37H,1-2,5-9,14-17,32H2,3-4H3/t20-,21-/m0/s1. The molecule has 2 amide bonds. The second kappa shape index (κ2) is 14.3. The van der Waals surface area contributed by atoms with E-state index in [-0.39, 0.29) is 79.0 Å². The maximum atomic E-state index is 13.2. The molecule has 2 aromatic rings. The number of aliphatic hydroxyl groups is 2. The lowest BCUT2D eigenvalue weighted by molar-refractivity contribution is -0.385. The summed E-state index contributed by atoms with van der Waals surface area (Å²) in [5.41, 5.74) is 7.54. The minimum Gasteiger partial charge on any atom is -0.493 e. The van der Waals surface area contributed by atoms with Crippen LogP contribution in [0.3, 0.4) is 0 Å². The number of aliphatic hydroxyl groups excluding tert-OH is 2. The van der Waals surface area contributed by atoms with E-state index in [0.29, 0.717) is 31.6 Å². The van der Waals surface area contributed by atoms with Gasteiger partial charge in [0, 0.05) is 37.3 Å². The van der Waals surface area contributed by atoms with Gasteiger partial charge < -0.3 is 44.7 Å². The zero-order valence-electron chi connectivity index (χ0n) is 25.3. The molecule has 4 N–H and O–H groups in total. The number of nitrogens with zero attached hydrogens (tertiary/aromatic N) is 3. The molecule has 2 fully saturated rings. The lowest BCUT2D eigenvalue weighted by Crippen LogP contribution is -2.38. The van der Waals surface area contributed by atoms with Crippen LogP contribution >= 0.6 is 0 Å². The fourth-order valence-corrected chi connectivity index (χ4v) is 5.47. The summed E-state index contributed by atoms with van der Waals surface area (Å²) in [6.45, 7) is 8.05. The van der Waals surface area contributed by atoms with Crippen molar-refractivity contribution in [1.82, 2.24) is 9.80 Å². The molecule has 2 aliphatic rings. The number of nitro groups is 1. The second-order valence-corrected chi connectivity index (χ2v) is 10.9. The Balaban J connectivity index is 1.41. The molecule has 0 radical (unpaired) electrons. The van der Waals surface area contributed by atoms with Gasteiger partial charge in [-0.05, 0) is 18.9 Å². The van der Waals surface area contributed by atoms with Gasteiger partial charge in [0.05, 0.1) is 69.3 Å². The molecule has 0 bridgehead atoms. The number of carbonyl (C=O) groups excluding carboxylic acids is 2. The van der Waals surface area contributed by atoms with Crippen LogP contribution in [0.4, 0.5) is 11.4 Å².